The van der Waals surface area contributed by atoms with E-state index in [-0.39, 0.29) is 10.8 Å². The first-order chi connectivity index (χ1) is 9.56. The molecule has 0 aliphatic heterocycles. The summed E-state index contributed by atoms with van der Waals surface area (Å²) in [7, 11) is 0. The second-order valence-corrected chi connectivity index (χ2v) is 5.51. The number of ether oxygens (including phenoxy) is 1. The molecule has 0 spiro atoms. The van der Waals surface area contributed by atoms with Crippen molar-refractivity contribution in [2.45, 2.75) is 32.3 Å². The molecular weight excluding hydrogens is 300 g/mol. The molecule has 2 N–H and O–H groups in total. The molecule has 0 aliphatic rings. The summed E-state index contributed by atoms with van der Waals surface area (Å²) in [4.78, 5) is 25.9. The number of aromatic nitrogens is 1. The number of anilines is 1. The largest absolute Gasteiger partial charge is 0.459 e. The van der Waals surface area contributed by atoms with Gasteiger partial charge in [-0.15, -0.1) is 0 Å². The minimum Gasteiger partial charge on any atom is -0.459 e. The molecule has 21 heavy (non-hydrogen) atoms. The van der Waals surface area contributed by atoms with Crippen LogP contribution < -0.4 is 5.73 Å². The first kappa shape index (κ1) is 16.7. The number of esters is 1. The molecule has 0 bridgehead atoms. The molecular formula is C12H13ClN4O4. The van der Waals surface area contributed by atoms with E-state index in [1.165, 1.54) is 0 Å². The predicted octanol–water partition coefficient (Wildman–Crippen LogP) is 2.17. The van der Waals surface area contributed by atoms with Gasteiger partial charge in [-0.05, 0) is 20.8 Å². The number of carbonyl (C=O) groups excluding carboxylic acids is 1. The van der Waals surface area contributed by atoms with E-state index < -0.39 is 33.8 Å². The maximum Gasteiger partial charge on any atom is 0.330 e. The zero-order valence-corrected chi connectivity index (χ0v) is 12.3. The molecule has 1 atom stereocenters. The summed E-state index contributed by atoms with van der Waals surface area (Å²) in [5, 5.41) is 20.0. The topological polar surface area (TPSA) is 132 Å². The second kappa shape index (κ2) is 5.93. The molecule has 0 saturated carbocycles. The molecule has 0 radical (unpaired) electrons. The number of hydrogen-bond donors (Lipinski definition) is 1. The van der Waals surface area contributed by atoms with Crippen molar-refractivity contribution < 1.29 is 14.5 Å². The van der Waals surface area contributed by atoms with E-state index in [2.05, 4.69) is 4.98 Å². The SMILES string of the molecule is CC(C)(C)OC(=O)C(C#N)c1nc(Cl)cc(N)c1[N+](=O)[O-]. The standard InChI is InChI=1S/C12H13ClN4O4/c1-12(2,3)21-11(18)6(5-14)9-10(17(19)20)7(15)4-8(13)16-9/h4,6H,1-3H3,(H2,15,16). The lowest BCUT2D eigenvalue weighted by Crippen LogP contribution is -2.28. The van der Waals surface area contributed by atoms with Crippen molar-refractivity contribution in [3.8, 4) is 6.07 Å². The fourth-order valence-electron chi connectivity index (χ4n) is 1.53. The molecule has 0 saturated heterocycles. The molecule has 0 fully saturated rings. The van der Waals surface area contributed by atoms with Gasteiger partial charge in [0.2, 0.25) is 0 Å². The third-order valence-electron chi connectivity index (χ3n) is 2.25. The van der Waals surface area contributed by atoms with Crippen LogP contribution in [0.1, 0.15) is 32.4 Å². The summed E-state index contributed by atoms with van der Waals surface area (Å²) in [6.45, 7) is 4.81. The van der Waals surface area contributed by atoms with Crippen LogP contribution in [0.25, 0.3) is 0 Å². The Morgan fingerprint density at radius 1 is 1.62 bits per heavy atom. The van der Waals surface area contributed by atoms with Crippen molar-refractivity contribution in [1.82, 2.24) is 4.98 Å². The number of hydrogen-bond acceptors (Lipinski definition) is 7. The Balaban J connectivity index is 3.39. The maximum absolute atomic E-state index is 12.0. The van der Waals surface area contributed by atoms with E-state index >= 15 is 0 Å². The zero-order valence-electron chi connectivity index (χ0n) is 11.6. The van der Waals surface area contributed by atoms with Crippen molar-refractivity contribution in [2.75, 3.05) is 5.73 Å². The van der Waals surface area contributed by atoms with Crippen LogP contribution >= 0.6 is 11.6 Å². The summed E-state index contributed by atoms with van der Waals surface area (Å²) in [5.74, 6) is -2.55. The van der Waals surface area contributed by atoms with Gasteiger partial charge < -0.3 is 10.5 Å². The van der Waals surface area contributed by atoms with Gasteiger partial charge in [-0.3, -0.25) is 14.9 Å². The monoisotopic (exact) mass is 312 g/mol. The van der Waals surface area contributed by atoms with Gasteiger partial charge >= 0.3 is 11.7 Å². The quantitative estimate of drug-likeness (QED) is 0.391. The Morgan fingerprint density at radius 3 is 2.62 bits per heavy atom. The number of nitrogen functional groups attached to an aromatic ring is 1. The van der Waals surface area contributed by atoms with Crippen LogP contribution in [0.3, 0.4) is 0 Å². The first-order valence-electron chi connectivity index (χ1n) is 5.79. The van der Waals surface area contributed by atoms with Crippen LogP contribution in [0.15, 0.2) is 6.07 Å². The molecule has 0 amide bonds. The first-order valence-corrected chi connectivity index (χ1v) is 6.17. The molecule has 0 aliphatic carbocycles. The molecule has 1 unspecified atom stereocenters. The van der Waals surface area contributed by atoms with Crippen molar-refractivity contribution in [3.63, 3.8) is 0 Å². The highest BCUT2D eigenvalue weighted by Crippen LogP contribution is 2.33. The smallest absolute Gasteiger partial charge is 0.330 e. The predicted molar refractivity (Wildman–Crippen MR) is 74.5 cm³/mol. The molecule has 8 nitrogen and oxygen atoms in total. The lowest BCUT2D eigenvalue weighted by Gasteiger charge is -2.21. The van der Waals surface area contributed by atoms with Gasteiger partial charge in [-0.25, -0.2) is 4.98 Å². The Kier molecular flexibility index (Phi) is 4.70. The lowest BCUT2D eigenvalue weighted by atomic mass is 10.0. The third kappa shape index (κ3) is 4.03. The van der Waals surface area contributed by atoms with Crippen LogP contribution in [0, 0.1) is 21.4 Å². The maximum atomic E-state index is 12.0. The Morgan fingerprint density at radius 2 is 2.19 bits per heavy atom. The van der Waals surface area contributed by atoms with E-state index in [0.29, 0.717) is 0 Å². The molecule has 112 valence electrons. The minimum absolute atomic E-state index is 0.156. The van der Waals surface area contributed by atoms with E-state index in [4.69, 9.17) is 27.3 Å². The Labute approximate surface area is 125 Å². The number of pyridine rings is 1. The van der Waals surface area contributed by atoms with Crippen LogP contribution in [0.4, 0.5) is 11.4 Å². The molecule has 1 aromatic heterocycles. The highest BCUT2D eigenvalue weighted by Gasteiger charge is 2.35. The average Bonchev–Trinajstić information content (AvgIpc) is 2.25. The average molecular weight is 313 g/mol. The van der Waals surface area contributed by atoms with Gasteiger partial charge in [-0.1, -0.05) is 11.6 Å². The van der Waals surface area contributed by atoms with Gasteiger partial charge in [0.05, 0.1) is 11.0 Å². The highest BCUT2D eigenvalue weighted by atomic mass is 35.5. The van der Waals surface area contributed by atoms with E-state index in [1.807, 2.05) is 0 Å². The highest BCUT2D eigenvalue weighted by molar-refractivity contribution is 6.29. The minimum atomic E-state index is -1.59. The fraction of sp³-hybridized carbons (Fsp3) is 0.417. The molecule has 9 heteroatoms. The summed E-state index contributed by atoms with van der Waals surface area (Å²) in [6, 6.07) is 2.71. The summed E-state index contributed by atoms with van der Waals surface area (Å²) < 4.78 is 5.05. The van der Waals surface area contributed by atoms with Crippen molar-refractivity contribution in [1.29, 1.82) is 5.26 Å². The number of rotatable bonds is 3. The van der Waals surface area contributed by atoms with Crippen LogP contribution in [-0.4, -0.2) is 21.5 Å². The number of nitro groups is 1. The van der Waals surface area contributed by atoms with Gasteiger partial charge in [0.1, 0.15) is 16.4 Å². The Bertz CT molecular complexity index is 633. The summed E-state index contributed by atoms with van der Waals surface area (Å²) in [5.41, 5.74) is 3.32. The molecule has 1 aromatic rings. The van der Waals surface area contributed by atoms with Crippen molar-refractivity contribution >= 4 is 28.9 Å². The van der Waals surface area contributed by atoms with Gasteiger partial charge in [0, 0.05) is 6.07 Å². The zero-order chi connectivity index (χ0) is 16.4. The van der Waals surface area contributed by atoms with Crippen LogP contribution in [0.5, 0.6) is 0 Å². The summed E-state index contributed by atoms with van der Waals surface area (Å²) in [6.07, 6.45) is 0. The fourth-order valence-corrected chi connectivity index (χ4v) is 1.74. The summed E-state index contributed by atoms with van der Waals surface area (Å²) >= 11 is 5.69. The third-order valence-corrected chi connectivity index (χ3v) is 2.44. The number of carbonyl (C=O) groups is 1. The normalized spacial score (nSPS) is 12.3. The van der Waals surface area contributed by atoms with Crippen molar-refractivity contribution in [3.05, 3.63) is 27.0 Å². The molecule has 0 aromatic carbocycles. The van der Waals surface area contributed by atoms with Crippen molar-refractivity contribution in [2.24, 2.45) is 0 Å². The van der Waals surface area contributed by atoms with E-state index in [0.717, 1.165) is 6.07 Å². The van der Waals surface area contributed by atoms with Gasteiger partial charge in [0.15, 0.2) is 11.6 Å². The van der Waals surface area contributed by atoms with E-state index in [1.54, 1.807) is 26.8 Å². The van der Waals surface area contributed by atoms with Crippen LogP contribution in [0.2, 0.25) is 5.15 Å². The number of nitrogens with two attached hydrogens (primary N) is 1. The lowest BCUT2D eigenvalue weighted by molar-refractivity contribution is -0.385. The second-order valence-electron chi connectivity index (χ2n) is 5.12. The number of nitriles is 1. The number of halogens is 1. The van der Waals surface area contributed by atoms with Gasteiger partial charge in [0.25, 0.3) is 0 Å². The number of nitrogens with zero attached hydrogens (tertiary/aromatic N) is 3. The van der Waals surface area contributed by atoms with Gasteiger partial charge in [-0.2, -0.15) is 5.26 Å². The van der Waals surface area contributed by atoms with Crippen LogP contribution in [-0.2, 0) is 9.53 Å². The molecule has 1 heterocycles. The Hall–Kier alpha value is -2.40. The van der Waals surface area contributed by atoms with E-state index in [9.17, 15) is 14.9 Å². The molecule has 1 rings (SSSR count).